The predicted molar refractivity (Wildman–Crippen MR) is 82.3 cm³/mol. The van der Waals surface area contributed by atoms with Gasteiger partial charge in [-0.05, 0) is 69.1 Å². The minimum atomic E-state index is -0.165. The highest BCUT2D eigenvalue weighted by atomic mass is 19.1. The summed E-state index contributed by atoms with van der Waals surface area (Å²) < 4.78 is 13.0. The maximum absolute atomic E-state index is 13.0. The van der Waals surface area contributed by atoms with Crippen LogP contribution < -0.4 is 5.32 Å². The maximum atomic E-state index is 13.0. The van der Waals surface area contributed by atoms with E-state index in [1.165, 1.54) is 31.5 Å². The molecule has 1 atom stereocenters. The number of hydrogen-bond acceptors (Lipinski definition) is 2. The summed E-state index contributed by atoms with van der Waals surface area (Å²) in [4.78, 5) is 2.55. The summed E-state index contributed by atoms with van der Waals surface area (Å²) in [5.74, 6) is -0.165. The van der Waals surface area contributed by atoms with E-state index in [-0.39, 0.29) is 5.82 Å². The Labute approximate surface area is 122 Å². The van der Waals surface area contributed by atoms with Gasteiger partial charge < -0.3 is 10.2 Å². The van der Waals surface area contributed by atoms with E-state index in [0.29, 0.717) is 11.5 Å². The Morgan fingerprint density at radius 3 is 2.35 bits per heavy atom. The number of nitrogens with zero attached hydrogens (tertiary/aromatic N) is 1. The van der Waals surface area contributed by atoms with E-state index in [2.05, 4.69) is 24.1 Å². The van der Waals surface area contributed by atoms with Gasteiger partial charge in [0.15, 0.2) is 0 Å². The van der Waals surface area contributed by atoms with Gasteiger partial charge in [-0.25, -0.2) is 4.39 Å². The average molecular weight is 278 g/mol. The number of likely N-dealkylation sites (tertiary alicyclic amines) is 1. The molecule has 0 radical (unpaired) electrons. The monoisotopic (exact) mass is 278 g/mol. The van der Waals surface area contributed by atoms with Crippen molar-refractivity contribution >= 4 is 0 Å². The zero-order chi connectivity index (χ0) is 14.6. The first kappa shape index (κ1) is 15.5. The molecule has 1 fully saturated rings. The van der Waals surface area contributed by atoms with Crippen LogP contribution in [-0.4, -0.2) is 31.6 Å². The third-order valence-corrected chi connectivity index (χ3v) is 4.56. The molecule has 1 aliphatic heterocycles. The van der Waals surface area contributed by atoms with E-state index in [0.717, 1.165) is 13.0 Å². The van der Waals surface area contributed by atoms with Crippen LogP contribution >= 0.6 is 0 Å². The fourth-order valence-electron chi connectivity index (χ4n) is 2.87. The van der Waals surface area contributed by atoms with Crippen LogP contribution in [-0.2, 0) is 0 Å². The summed E-state index contributed by atoms with van der Waals surface area (Å²) in [5, 5.41) is 3.34. The highest BCUT2D eigenvalue weighted by Crippen LogP contribution is 2.30. The van der Waals surface area contributed by atoms with Crippen molar-refractivity contribution in [3.63, 3.8) is 0 Å². The molecule has 20 heavy (non-hydrogen) atoms. The van der Waals surface area contributed by atoms with Gasteiger partial charge in [-0.1, -0.05) is 26.0 Å². The molecule has 0 aromatic heterocycles. The molecule has 1 unspecified atom stereocenters. The van der Waals surface area contributed by atoms with E-state index in [1.54, 1.807) is 12.1 Å². The maximum Gasteiger partial charge on any atom is 0.123 e. The van der Waals surface area contributed by atoms with Gasteiger partial charge in [0.1, 0.15) is 5.82 Å². The van der Waals surface area contributed by atoms with Crippen LogP contribution in [0.4, 0.5) is 4.39 Å². The zero-order valence-electron chi connectivity index (χ0n) is 13.0. The molecule has 1 N–H and O–H groups in total. The summed E-state index contributed by atoms with van der Waals surface area (Å²) in [6.07, 6.45) is 3.64. The van der Waals surface area contributed by atoms with Crippen molar-refractivity contribution in [2.24, 2.45) is 5.41 Å². The molecule has 3 heteroatoms. The second kappa shape index (κ2) is 6.68. The van der Waals surface area contributed by atoms with Crippen LogP contribution in [0.25, 0.3) is 0 Å². The van der Waals surface area contributed by atoms with Crippen molar-refractivity contribution in [2.75, 3.05) is 26.7 Å². The Kier molecular flexibility index (Phi) is 5.17. The van der Waals surface area contributed by atoms with Crippen molar-refractivity contribution in [3.05, 3.63) is 35.6 Å². The number of piperidine rings is 1. The van der Waals surface area contributed by atoms with Crippen molar-refractivity contribution in [2.45, 2.75) is 39.2 Å². The fraction of sp³-hybridized carbons (Fsp3) is 0.647. The van der Waals surface area contributed by atoms with Crippen molar-refractivity contribution in [1.29, 1.82) is 0 Å². The SMILES string of the molecule is CNC(CCN1CCC(C)(C)CC1)c1ccc(F)cc1. The molecule has 1 saturated heterocycles. The third-order valence-electron chi connectivity index (χ3n) is 4.56. The second-order valence-corrected chi connectivity index (χ2v) is 6.69. The minimum absolute atomic E-state index is 0.165. The lowest BCUT2D eigenvalue weighted by Gasteiger charge is -2.37. The van der Waals surface area contributed by atoms with Crippen LogP contribution in [0.5, 0.6) is 0 Å². The summed E-state index contributed by atoms with van der Waals surface area (Å²) in [7, 11) is 1.98. The first-order chi connectivity index (χ1) is 9.50. The molecule has 112 valence electrons. The van der Waals surface area contributed by atoms with Crippen molar-refractivity contribution < 1.29 is 4.39 Å². The number of nitrogens with one attached hydrogen (secondary N) is 1. The minimum Gasteiger partial charge on any atom is -0.313 e. The van der Waals surface area contributed by atoms with E-state index < -0.39 is 0 Å². The standard InChI is InChI=1S/C17H27FN2/c1-17(2)9-12-20(13-10-17)11-8-16(19-3)14-4-6-15(18)7-5-14/h4-7,16,19H,8-13H2,1-3H3. The van der Waals surface area contributed by atoms with Gasteiger partial charge in [0.05, 0.1) is 0 Å². The third kappa shape index (κ3) is 4.29. The van der Waals surface area contributed by atoms with E-state index in [1.807, 2.05) is 19.2 Å². The van der Waals surface area contributed by atoms with Gasteiger partial charge in [0.25, 0.3) is 0 Å². The first-order valence-corrected chi connectivity index (χ1v) is 7.65. The fourth-order valence-corrected chi connectivity index (χ4v) is 2.87. The zero-order valence-corrected chi connectivity index (χ0v) is 13.0. The molecule has 1 aromatic carbocycles. The average Bonchev–Trinajstić information content (AvgIpc) is 2.43. The van der Waals surface area contributed by atoms with Gasteiger partial charge in [-0.3, -0.25) is 0 Å². The highest BCUT2D eigenvalue weighted by Gasteiger charge is 2.25. The Bertz CT molecular complexity index is 404. The first-order valence-electron chi connectivity index (χ1n) is 7.65. The van der Waals surface area contributed by atoms with Crippen molar-refractivity contribution in [3.8, 4) is 0 Å². The van der Waals surface area contributed by atoms with Gasteiger partial charge in [0.2, 0.25) is 0 Å². The van der Waals surface area contributed by atoms with Crippen LogP contribution in [0.15, 0.2) is 24.3 Å². The van der Waals surface area contributed by atoms with Crippen molar-refractivity contribution in [1.82, 2.24) is 10.2 Å². The Morgan fingerprint density at radius 2 is 1.80 bits per heavy atom. The van der Waals surface area contributed by atoms with E-state index >= 15 is 0 Å². The molecule has 0 aliphatic carbocycles. The molecule has 1 heterocycles. The molecule has 0 amide bonds. The normalized spacial score (nSPS) is 20.8. The Balaban J connectivity index is 1.84. The molecule has 1 aliphatic rings. The van der Waals surface area contributed by atoms with Crippen LogP contribution in [0.3, 0.4) is 0 Å². The van der Waals surface area contributed by atoms with E-state index in [9.17, 15) is 4.39 Å². The number of halogens is 1. The van der Waals surface area contributed by atoms with Gasteiger partial charge >= 0.3 is 0 Å². The lowest BCUT2D eigenvalue weighted by Crippen LogP contribution is -2.38. The molecule has 2 nitrogen and oxygen atoms in total. The lowest BCUT2D eigenvalue weighted by molar-refractivity contribution is 0.128. The molecule has 1 aromatic rings. The van der Waals surface area contributed by atoms with Gasteiger partial charge in [-0.15, -0.1) is 0 Å². The Hall–Kier alpha value is -0.930. The molecular weight excluding hydrogens is 251 g/mol. The second-order valence-electron chi connectivity index (χ2n) is 6.69. The number of benzene rings is 1. The quantitative estimate of drug-likeness (QED) is 0.885. The predicted octanol–water partition coefficient (Wildman–Crippen LogP) is 3.60. The lowest BCUT2D eigenvalue weighted by atomic mass is 9.82. The smallest absolute Gasteiger partial charge is 0.123 e. The molecule has 2 rings (SSSR count). The number of rotatable bonds is 5. The van der Waals surface area contributed by atoms with Crippen LogP contribution in [0.2, 0.25) is 0 Å². The molecule has 0 spiro atoms. The topological polar surface area (TPSA) is 15.3 Å². The summed E-state index contributed by atoms with van der Waals surface area (Å²) in [6, 6.07) is 7.17. The number of hydrogen-bond donors (Lipinski definition) is 1. The Morgan fingerprint density at radius 1 is 1.20 bits per heavy atom. The van der Waals surface area contributed by atoms with Crippen LogP contribution in [0, 0.1) is 11.2 Å². The summed E-state index contributed by atoms with van der Waals surface area (Å²) >= 11 is 0. The van der Waals surface area contributed by atoms with Gasteiger partial charge in [0, 0.05) is 6.04 Å². The largest absolute Gasteiger partial charge is 0.313 e. The van der Waals surface area contributed by atoms with E-state index in [4.69, 9.17) is 0 Å². The summed E-state index contributed by atoms with van der Waals surface area (Å²) in [6.45, 7) is 8.23. The van der Waals surface area contributed by atoms with Crippen LogP contribution in [0.1, 0.15) is 44.7 Å². The van der Waals surface area contributed by atoms with Gasteiger partial charge in [-0.2, -0.15) is 0 Å². The highest BCUT2D eigenvalue weighted by molar-refractivity contribution is 5.19. The molecule has 0 bridgehead atoms. The molecule has 0 saturated carbocycles. The molecular formula is C17H27FN2. The summed E-state index contributed by atoms with van der Waals surface area (Å²) in [5.41, 5.74) is 1.68.